The molecule has 0 saturated heterocycles. The van der Waals surface area contributed by atoms with Crippen molar-refractivity contribution in [3.8, 4) is 0 Å². The summed E-state index contributed by atoms with van der Waals surface area (Å²) in [5.41, 5.74) is 0. The molecule has 0 saturated carbocycles. The van der Waals surface area contributed by atoms with E-state index in [1.54, 1.807) is 0 Å². The topological polar surface area (TPSA) is 26.3 Å². The first kappa shape index (κ1) is 11.9. The van der Waals surface area contributed by atoms with E-state index in [-0.39, 0.29) is 0 Å². The Balaban J connectivity index is 4.33. The second-order valence-electron chi connectivity index (χ2n) is 2.04. The van der Waals surface area contributed by atoms with Gasteiger partial charge in [-0.2, -0.15) is 22.0 Å². The Hall–Kier alpha value is -1.14. The molecule has 0 aliphatic carbocycles. The van der Waals surface area contributed by atoms with Crippen molar-refractivity contribution in [1.29, 1.82) is 0 Å². The van der Waals surface area contributed by atoms with Gasteiger partial charge in [-0.3, -0.25) is 4.79 Å². The maximum atomic E-state index is 12.0. The highest BCUT2D eigenvalue weighted by Crippen LogP contribution is 2.38. The van der Waals surface area contributed by atoms with Gasteiger partial charge in [0.15, 0.2) is 0 Å². The first-order valence-corrected chi connectivity index (χ1v) is 2.95. The largest absolute Gasteiger partial charge is 0.453 e. The standard InChI is InChI=1S/C6H5F5O2/c1-2-13-4(12)3-5(7,8)6(9,10)11/h2H,1,3H2. The molecule has 76 valence electrons. The summed E-state index contributed by atoms with van der Waals surface area (Å²) in [5.74, 6) is -6.75. The van der Waals surface area contributed by atoms with E-state index in [9.17, 15) is 26.7 Å². The number of rotatable bonds is 3. The van der Waals surface area contributed by atoms with E-state index >= 15 is 0 Å². The molecule has 7 heteroatoms. The molecule has 0 aromatic rings. The molecule has 0 bridgehead atoms. The molecular formula is C6H5F5O2. The van der Waals surface area contributed by atoms with Crippen LogP contribution in [0.5, 0.6) is 0 Å². The van der Waals surface area contributed by atoms with Crippen molar-refractivity contribution >= 4 is 5.97 Å². The summed E-state index contributed by atoms with van der Waals surface area (Å²) in [7, 11) is 0. The zero-order valence-electron chi connectivity index (χ0n) is 6.20. The van der Waals surface area contributed by atoms with E-state index < -0.39 is 24.5 Å². The van der Waals surface area contributed by atoms with Crippen molar-refractivity contribution in [3.05, 3.63) is 12.8 Å². The lowest BCUT2D eigenvalue weighted by Gasteiger charge is -2.17. The van der Waals surface area contributed by atoms with Crippen molar-refractivity contribution in [2.24, 2.45) is 0 Å². The lowest BCUT2D eigenvalue weighted by molar-refractivity contribution is -0.283. The van der Waals surface area contributed by atoms with Crippen LogP contribution in [0, 0.1) is 0 Å². The average Bonchev–Trinajstić information content (AvgIpc) is 1.83. The molecule has 13 heavy (non-hydrogen) atoms. The van der Waals surface area contributed by atoms with E-state index in [1.807, 2.05) is 0 Å². The van der Waals surface area contributed by atoms with Crippen LogP contribution in [-0.4, -0.2) is 18.1 Å². The van der Waals surface area contributed by atoms with Crippen LogP contribution in [0.15, 0.2) is 12.8 Å². The summed E-state index contributed by atoms with van der Waals surface area (Å²) in [6.07, 6.45) is -7.30. The van der Waals surface area contributed by atoms with Crippen molar-refractivity contribution in [2.75, 3.05) is 0 Å². The number of hydrogen-bond acceptors (Lipinski definition) is 2. The van der Waals surface area contributed by atoms with E-state index in [1.165, 1.54) is 0 Å². The van der Waals surface area contributed by atoms with Gasteiger partial charge in [0.2, 0.25) is 0 Å². The van der Waals surface area contributed by atoms with E-state index in [4.69, 9.17) is 0 Å². The van der Waals surface area contributed by atoms with Gasteiger partial charge in [0.05, 0.1) is 6.26 Å². The van der Waals surface area contributed by atoms with Crippen LogP contribution in [0.1, 0.15) is 6.42 Å². The Morgan fingerprint density at radius 3 is 2.08 bits per heavy atom. The van der Waals surface area contributed by atoms with Gasteiger partial charge in [0.1, 0.15) is 6.42 Å². The molecule has 0 spiro atoms. The highest BCUT2D eigenvalue weighted by molar-refractivity contribution is 5.71. The minimum absolute atomic E-state index is 0.481. The number of hydrogen-bond donors (Lipinski definition) is 0. The molecule has 0 amide bonds. The number of carbonyl (C=O) groups excluding carboxylic acids is 1. The second kappa shape index (κ2) is 3.71. The number of alkyl halides is 5. The number of esters is 1. The fourth-order valence-electron chi connectivity index (χ4n) is 0.416. The number of halogens is 5. The fraction of sp³-hybridized carbons (Fsp3) is 0.500. The lowest BCUT2D eigenvalue weighted by atomic mass is 10.2. The monoisotopic (exact) mass is 204 g/mol. The summed E-state index contributed by atoms with van der Waals surface area (Å²) in [5, 5.41) is 0. The van der Waals surface area contributed by atoms with Crippen molar-refractivity contribution in [2.45, 2.75) is 18.5 Å². The number of carbonyl (C=O) groups is 1. The SMILES string of the molecule is C=COC(=O)CC(F)(F)C(F)(F)F. The molecular weight excluding hydrogens is 199 g/mol. The van der Waals surface area contributed by atoms with Gasteiger partial charge in [0.25, 0.3) is 0 Å². The molecule has 0 aliphatic heterocycles. The average molecular weight is 204 g/mol. The molecule has 0 aromatic heterocycles. The summed E-state index contributed by atoms with van der Waals surface area (Å²) in [6, 6.07) is 0. The lowest BCUT2D eigenvalue weighted by Crippen LogP contribution is -2.38. The van der Waals surface area contributed by atoms with Crippen LogP contribution in [0.3, 0.4) is 0 Å². The van der Waals surface area contributed by atoms with Crippen molar-refractivity contribution in [1.82, 2.24) is 0 Å². The minimum Gasteiger partial charge on any atom is -0.435 e. The quantitative estimate of drug-likeness (QED) is 0.400. The summed E-state index contributed by atoms with van der Waals surface area (Å²) < 4.78 is 62.2. The maximum Gasteiger partial charge on any atom is 0.453 e. The zero-order chi connectivity index (χ0) is 10.7. The maximum absolute atomic E-state index is 12.0. The third-order valence-corrected chi connectivity index (χ3v) is 0.996. The second-order valence-corrected chi connectivity index (χ2v) is 2.04. The van der Waals surface area contributed by atoms with Gasteiger partial charge in [-0.1, -0.05) is 6.58 Å². The van der Waals surface area contributed by atoms with Crippen LogP contribution >= 0.6 is 0 Å². The Labute approximate surface area is 70.0 Å². The normalized spacial score (nSPS) is 12.4. The van der Waals surface area contributed by atoms with Gasteiger partial charge < -0.3 is 4.74 Å². The molecule has 0 atom stereocenters. The molecule has 2 nitrogen and oxygen atoms in total. The third kappa shape index (κ3) is 3.39. The number of ether oxygens (including phenoxy) is 1. The molecule has 0 aliphatic rings. The first-order chi connectivity index (χ1) is 5.70. The predicted octanol–water partition coefficient (Wildman–Crippen LogP) is 2.26. The Morgan fingerprint density at radius 2 is 1.77 bits per heavy atom. The van der Waals surface area contributed by atoms with Crippen molar-refractivity contribution < 1.29 is 31.5 Å². The first-order valence-electron chi connectivity index (χ1n) is 2.95. The van der Waals surface area contributed by atoms with Crippen LogP contribution in [0.25, 0.3) is 0 Å². The highest BCUT2D eigenvalue weighted by atomic mass is 19.4. The Kier molecular flexibility index (Phi) is 3.39. The zero-order valence-corrected chi connectivity index (χ0v) is 6.20. The van der Waals surface area contributed by atoms with E-state index in [0.29, 0.717) is 6.26 Å². The molecule has 0 radical (unpaired) electrons. The molecule has 0 N–H and O–H groups in total. The molecule has 0 heterocycles. The summed E-state index contributed by atoms with van der Waals surface area (Å²) >= 11 is 0. The smallest absolute Gasteiger partial charge is 0.435 e. The summed E-state index contributed by atoms with van der Waals surface area (Å²) in [6.45, 7) is 2.82. The minimum atomic E-state index is -5.74. The van der Waals surface area contributed by atoms with Crippen LogP contribution in [-0.2, 0) is 9.53 Å². The predicted molar refractivity (Wildman–Crippen MR) is 31.9 cm³/mol. The molecule has 0 unspecified atom stereocenters. The van der Waals surface area contributed by atoms with Crippen molar-refractivity contribution in [3.63, 3.8) is 0 Å². The molecule has 0 rings (SSSR count). The van der Waals surface area contributed by atoms with Gasteiger partial charge in [0, 0.05) is 0 Å². The molecule has 0 fully saturated rings. The highest BCUT2D eigenvalue weighted by Gasteiger charge is 2.58. The van der Waals surface area contributed by atoms with E-state index in [2.05, 4.69) is 11.3 Å². The van der Waals surface area contributed by atoms with Gasteiger partial charge in [-0.05, 0) is 0 Å². The Morgan fingerprint density at radius 1 is 1.31 bits per heavy atom. The Bertz CT molecular complexity index is 208. The van der Waals surface area contributed by atoms with Gasteiger partial charge >= 0.3 is 18.1 Å². The van der Waals surface area contributed by atoms with Crippen LogP contribution in [0.4, 0.5) is 22.0 Å². The fourth-order valence-corrected chi connectivity index (χ4v) is 0.416. The van der Waals surface area contributed by atoms with Crippen LogP contribution < -0.4 is 0 Å². The van der Waals surface area contributed by atoms with E-state index in [0.717, 1.165) is 0 Å². The van der Waals surface area contributed by atoms with Gasteiger partial charge in [-0.15, -0.1) is 0 Å². The van der Waals surface area contributed by atoms with Gasteiger partial charge in [-0.25, -0.2) is 0 Å². The third-order valence-electron chi connectivity index (χ3n) is 0.996. The summed E-state index contributed by atoms with van der Waals surface area (Å²) in [4.78, 5) is 10.2. The van der Waals surface area contributed by atoms with Crippen LogP contribution in [0.2, 0.25) is 0 Å². The molecule has 0 aromatic carbocycles.